The van der Waals surface area contributed by atoms with Gasteiger partial charge in [0, 0.05) is 12.6 Å². The Balaban J connectivity index is 1.93. The van der Waals surface area contributed by atoms with E-state index in [2.05, 4.69) is 17.3 Å². The summed E-state index contributed by atoms with van der Waals surface area (Å²) in [4.78, 5) is 2.28. The normalized spacial score (nSPS) is 22.1. The van der Waals surface area contributed by atoms with Crippen molar-refractivity contribution < 1.29 is 13.2 Å². The molecule has 1 saturated heterocycles. The van der Waals surface area contributed by atoms with Gasteiger partial charge in [-0.05, 0) is 57.1 Å². The number of benzene rings is 1. The van der Waals surface area contributed by atoms with Gasteiger partial charge in [-0.3, -0.25) is 0 Å². The maximum atomic E-state index is 12.7. The lowest BCUT2D eigenvalue weighted by Crippen LogP contribution is -2.27. The molecule has 2 nitrogen and oxygen atoms in total. The van der Waals surface area contributed by atoms with Crippen molar-refractivity contribution in [1.29, 1.82) is 0 Å². The summed E-state index contributed by atoms with van der Waals surface area (Å²) in [5.74, 6) is 0.591. The first-order valence-electron chi connectivity index (χ1n) is 6.95. The van der Waals surface area contributed by atoms with Crippen LogP contribution in [-0.2, 0) is 6.18 Å². The van der Waals surface area contributed by atoms with E-state index >= 15 is 0 Å². The maximum Gasteiger partial charge on any atom is 0.416 e. The molecule has 112 valence electrons. The molecule has 0 spiro atoms. The fourth-order valence-corrected chi connectivity index (χ4v) is 2.64. The number of nitrogens with zero attached hydrogens (tertiary/aromatic N) is 1. The van der Waals surface area contributed by atoms with Crippen LogP contribution in [0, 0.1) is 5.92 Å². The Labute approximate surface area is 118 Å². The summed E-state index contributed by atoms with van der Waals surface area (Å²) in [6, 6.07) is 5.50. The molecule has 0 radical (unpaired) electrons. The molecule has 1 aromatic rings. The number of nitrogens with one attached hydrogen (secondary N) is 1. The molecule has 2 atom stereocenters. The average molecular weight is 286 g/mol. The minimum absolute atomic E-state index is 0.0665. The molecule has 0 amide bonds. The first-order valence-corrected chi connectivity index (χ1v) is 6.95. The molecular formula is C15H21F3N2. The Kier molecular flexibility index (Phi) is 4.70. The molecule has 1 fully saturated rings. The Hall–Kier alpha value is -1.07. The van der Waals surface area contributed by atoms with Gasteiger partial charge >= 0.3 is 6.18 Å². The Morgan fingerprint density at radius 1 is 1.40 bits per heavy atom. The monoisotopic (exact) mass is 286 g/mol. The van der Waals surface area contributed by atoms with Crippen LogP contribution in [0.1, 0.15) is 30.5 Å². The lowest BCUT2D eigenvalue weighted by atomic mass is 10.0. The fourth-order valence-electron chi connectivity index (χ4n) is 2.64. The maximum absolute atomic E-state index is 12.7. The van der Waals surface area contributed by atoms with Crippen molar-refractivity contribution >= 4 is 0 Å². The van der Waals surface area contributed by atoms with Crippen molar-refractivity contribution in [3.8, 4) is 0 Å². The predicted octanol–water partition coefficient (Wildman–Crippen LogP) is 3.31. The summed E-state index contributed by atoms with van der Waals surface area (Å²) in [6.45, 7) is 4.92. The van der Waals surface area contributed by atoms with Crippen molar-refractivity contribution in [1.82, 2.24) is 10.2 Å². The summed E-state index contributed by atoms with van der Waals surface area (Å²) < 4.78 is 38.0. The van der Waals surface area contributed by atoms with E-state index in [1.54, 1.807) is 6.07 Å². The summed E-state index contributed by atoms with van der Waals surface area (Å²) in [7, 11) is 2.09. The van der Waals surface area contributed by atoms with Gasteiger partial charge in [0.2, 0.25) is 0 Å². The minimum atomic E-state index is -4.27. The van der Waals surface area contributed by atoms with Gasteiger partial charge in [0.05, 0.1) is 5.56 Å². The number of hydrogen-bond donors (Lipinski definition) is 1. The highest BCUT2D eigenvalue weighted by molar-refractivity contribution is 5.27. The highest BCUT2D eigenvalue weighted by Gasteiger charge is 2.30. The van der Waals surface area contributed by atoms with Gasteiger partial charge in [-0.2, -0.15) is 13.2 Å². The molecule has 0 saturated carbocycles. The Morgan fingerprint density at radius 2 is 2.15 bits per heavy atom. The van der Waals surface area contributed by atoms with Crippen molar-refractivity contribution in [2.24, 2.45) is 5.92 Å². The zero-order valence-corrected chi connectivity index (χ0v) is 11.9. The average Bonchev–Trinajstić information content (AvgIpc) is 2.81. The van der Waals surface area contributed by atoms with Gasteiger partial charge in [-0.25, -0.2) is 0 Å². The van der Waals surface area contributed by atoms with E-state index in [1.165, 1.54) is 12.1 Å². The van der Waals surface area contributed by atoms with Crippen molar-refractivity contribution in [3.63, 3.8) is 0 Å². The topological polar surface area (TPSA) is 15.3 Å². The number of likely N-dealkylation sites (tertiary alicyclic amines) is 1. The third kappa shape index (κ3) is 3.96. The van der Waals surface area contributed by atoms with Crippen LogP contribution in [-0.4, -0.2) is 31.6 Å². The van der Waals surface area contributed by atoms with E-state index in [-0.39, 0.29) is 6.04 Å². The Bertz CT molecular complexity index is 445. The second kappa shape index (κ2) is 6.14. The van der Waals surface area contributed by atoms with Crippen LogP contribution >= 0.6 is 0 Å². The van der Waals surface area contributed by atoms with Gasteiger partial charge in [0.25, 0.3) is 0 Å². The highest BCUT2D eigenvalue weighted by atomic mass is 19.4. The second-order valence-corrected chi connectivity index (χ2v) is 5.67. The lowest BCUT2D eigenvalue weighted by molar-refractivity contribution is -0.137. The lowest BCUT2D eigenvalue weighted by Gasteiger charge is -2.18. The zero-order valence-electron chi connectivity index (χ0n) is 11.9. The quantitative estimate of drug-likeness (QED) is 0.913. The number of rotatable bonds is 4. The smallest absolute Gasteiger partial charge is 0.310 e. The van der Waals surface area contributed by atoms with Crippen molar-refractivity contribution in [2.75, 3.05) is 26.7 Å². The summed E-state index contributed by atoms with van der Waals surface area (Å²) in [6.07, 6.45) is -3.12. The highest BCUT2D eigenvalue weighted by Crippen LogP contribution is 2.30. The van der Waals surface area contributed by atoms with Gasteiger partial charge < -0.3 is 10.2 Å². The molecule has 1 N–H and O–H groups in total. The molecule has 2 unspecified atom stereocenters. The largest absolute Gasteiger partial charge is 0.416 e. The van der Waals surface area contributed by atoms with Crippen LogP contribution in [0.5, 0.6) is 0 Å². The van der Waals surface area contributed by atoms with Gasteiger partial charge in [0.15, 0.2) is 0 Å². The van der Waals surface area contributed by atoms with Crippen LogP contribution in [0.25, 0.3) is 0 Å². The second-order valence-electron chi connectivity index (χ2n) is 5.67. The molecule has 1 aliphatic rings. The number of alkyl halides is 3. The van der Waals surface area contributed by atoms with Gasteiger partial charge in [-0.1, -0.05) is 12.1 Å². The summed E-state index contributed by atoms with van der Waals surface area (Å²) in [5, 5.41) is 3.35. The summed E-state index contributed by atoms with van der Waals surface area (Å²) in [5.41, 5.74) is 0.107. The van der Waals surface area contributed by atoms with E-state index < -0.39 is 11.7 Å². The van der Waals surface area contributed by atoms with Crippen molar-refractivity contribution in [2.45, 2.75) is 25.6 Å². The molecule has 1 aromatic carbocycles. The van der Waals surface area contributed by atoms with Crippen molar-refractivity contribution in [3.05, 3.63) is 35.4 Å². The molecule has 0 bridgehead atoms. The SMILES string of the molecule is CC(NCC1CCN(C)C1)c1cccc(C(F)(F)F)c1. The molecule has 1 aliphatic heterocycles. The van der Waals surface area contributed by atoms with Crippen LogP contribution < -0.4 is 5.32 Å². The van der Waals surface area contributed by atoms with E-state index in [4.69, 9.17) is 0 Å². The molecule has 0 aromatic heterocycles. The standard InChI is InChI=1S/C15H21F3N2/c1-11(19-9-12-6-7-20(2)10-12)13-4-3-5-14(8-13)15(16,17)18/h3-5,8,11-12,19H,6-7,9-10H2,1-2H3. The van der Waals surface area contributed by atoms with E-state index in [9.17, 15) is 13.2 Å². The first-order chi connectivity index (χ1) is 9.36. The fraction of sp³-hybridized carbons (Fsp3) is 0.600. The number of hydrogen-bond acceptors (Lipinski definition) is 2. The van der Waals surface area contributed by atoms with Crippen LogP contribution in [0.2, 0.25) is 0 Å². The third-order valence-corrected chi connectivity index (χ3v) is 3.92. The first kappa shape index (κ1) is 15.3. The molecule has 2 rings (SSSR count). The number of halogens is 3. The molecule has 1 heterocycles. The third-order valence-electron chi connectivity index (χ3n) is 3.92. The van der Waals surface area contributed by atoms with Crippen LogP contribution in [0.15, 0.2) is 24.3 Å². The molecular weight excluding hydrogens is 265 g/mol. The zero-order chi connectivity index (χ0) is 14.8. The van der Waals surface area contributed by atoms with E-state index in [0.717, 1.165) is 32.1 Å². The van der Waals surface area contributed by atoms with Crippen LogP contribution in [0.4, 0.5) is 13.2 Å². The Morgan fingerprint density at radius 3 is 2.75 bits per heavy atom. The molecule has 5 heteroatoms. The van der Waals surface area contributed by atoms with Crippen LogP contribution in [0.3, 0.4) is 0 Å². The van der Waals surface area contributed by atoms with E-state index in [1.807, 2.05) is 6.92 Å². The van der Waals surface area contributed by atoms with Gasteiger partial charge in [-0.15, -0.1) is 0 Å². The minimum Gasteiger partial charge on any atom is -0.310 e. The molecule has 20 heavy (non-hydrogen) atoms. The van der Waals surface area contributed by atoms with E-state index in [0.29, 0.717) is 11.5 Å². The summed E-state index contributed by atoms with van der Waals surface area (Å²) >= 11 is 0. The predicted molar refractivity (Wildman–Crippen MR) is 73.5 cm³/mol. The molecule has 0 aliphatic carbocycles. The van der Waals surface area contributed by atoms with Gasteiger partial charge in [0.1, 0.15) is 0 Å².